The lowest BCUT2D eigenvalue weighted by molar-refractivity contribution is 0.0951. The Kier molecular flexibility index (Phi) is 5.38. The van der Waals surface area contributed by atoms with Gasteiger partial charge >= 0.3 is 0 Å². The standard InChI is InChI=1S/C19H23N3O3S/c1-13-5-4-10-20-18(13)11-14(2)22-26(24,25)17-7-3-6-15(12-17)19(23)21-16-8-9-16/h3-7,10,12,14,16,22H,8-9,11H2,1-2H3,(H,21,23)/t14-/m0/s1. The van der Waals surface area contributed by atoms with Crippen molar-refractivity contribution in [2.75, 3.05) is 0 Å². The highest BCUT2D eigenvalue weighted by molar-refractivity contribution is 7.89. The van der Waals surface area contributed by atoms with E-state index in [0.717, 1.165) is 24.1 Å². The maximum atomic E-state index is 12.7. The summed E-state index contributed by atoms with van der Waals surface area (Å²) in [5.74, 6) is -0.235. The summed E-state index contributed by atoms with van der Waals surface area (Å²) in [6, 6.07) is 9.83. The summed E-state index contributed by atoms with van der Waals surface area (Å²) < 4.78 is 28.0. The molecule has 0 unspecified atom stereocenters. The van der Waals surface area contributed by atoms with E-state index < -0.39 is 10.0 Å². The predicted molar refractivity (Wildman–Crippen MR) is 99.4 cm³/mol. The van der Waals surface area contributed by atoms with Crippen LogP contribution in [0.15, 0.2) is 47.5 Å². The second kappa shape index (κ2) is 7.55. The Hall–Kier alpha value is -2.25. The average Bonchev–Trinajstić information content (AvgIpc) is 3.40. The van der Waals surface area contributed by atoms with E-state index in [0.29, 0.717) is 12.0 Å². The summed E-state index contributed by atoms with van der Waals surface area (Å²) in [7, 11) is -3.72. The Labute approximate surface area is 154 Å². The minimum absolute atomic E-state index is 0.0885. The van der Waals surface area contributed by atoms with Crippen molar-refractivity contribution in [2.45, 2.75) is 50.1 Å². The van der Waals surface area contributed by atoms with Crippen LogP contribution in [0.3, 0.4) is 0 Å². The van der Waals surface area contributed by atoms with Crippen LogP contribution >= 0.6 is 0 Å². The minimum atomic E-state index is -3.72. The first-order valence-electron chi connectivity index (χ1n) is 8.69. The molecule has 2 N–H and O–H groups in total. The number of pyridine rings is 1. The molecule has 1 amide bonds. The van der Waals surface area contributed by atoms with Crippen LogP contribution in [-0.4, -0.2) is 31.4 Å². The van der Waals surface area contributed by atoms with E-state index in [1.54, 1.807) is 25.3 Å². The number of nitrogens with zero attached hydrogens (tertiary/aromatic N) is 1. The topological polar surface area (TPSA) is 88.2 Å². The highest BCUT2D eigenvalue weighted by Crippen LogP contribution is 2.20. The first kappa shape index (κ1) is 18.5. The zero-order valence-electron chi connectivity index (χ0n) is 14.9. The number of benzene rings is 1. The first-order chi connectivity index (χ1) is 12.3. The molecule has 1 aromatic heterocycles. The molecule has 7 heteroatoms. The molecule has 1 saturated carbocycles. The Morgan fingerprint density at radius 1 is 1.27 bits per heavy atom. The molecule has 0 radical (unpaired) electrons. The van der Waals surface area contributed by atoms with E-state index in [4.69, 9.17) is 0 Å². The fourth-order valence-electron chi connectivity index (χ4n) is 2.70. The monoisotopic (exact) mass is 373 g/mol. The molecule has 6 nitrogen and oxygen atoms in total. The van der Waals surface area contributed by atoms with Crippen molar-refractivity contribution in [2.24, 2.45) is 0 Å². The molecule has 0 saturated heterocycles. The maximum Gasteiger partial charge on any atom is 0.251 e. The van der Waals surface area contributed by atoms with Crippen LogP contribution in [-0.2, 0) is 16.4 Å². The zero-order valence-corrected chi connectivity index (χ0v) is 15.7. The van der Waals surface area contributed by atoms with E-state index in [9.17, 15) is 13.2 Å². The molecule has 1 aliphatic rings. The van der Waals surface area contributed by atoms with Crippen LogP contribution in [0, 0.1) is 6.92 Å². The second-order valence-corrected chi connectivity index (χ2v) is 8.48. The van der Waals surface area contributed by atoms with Crippen LogP contribution in [0.2, 0.25) is 0 Å². The summed E-state index contributed by atoms with van der Waals surface area (Å²) in [5, 5.41) is 2.87. The average molecular weight is 373 g/mol. The highest BCUT2D eigenvalue weighted by Gasteiger charge is 2.25. The largest absolute Gasteiger partial charge is 0.349 e. The van der Waals surface area contributed by atoms with Crippen molar-refractivity contribution < 1.29 is 13.2 Å². The van der Waals surface area contributed by atoms with Gasteiger partial charge in [-0.2, -0.15) is 0 Å². The van der Waals surface area contributed by atoms with Crippen molar-refractivity contribution in [3.63, 3.8) is 0 Å². The van der Waals surface area contributed by atoms with Crippen LogP contribution < -0.4 is 10.0 Å². The van der Waals surface area contributed by atoms with Gasteiger partial charge in [-0.15, -0.1) is 0 Å². The summed E-state index contributed by atoms with van der Waals surface area (Å²) >= 11 is 0. The quantitative estimate of drug-likeness (QED) is 0.779. The summed E-state index contributed by atoms with van der Waals surface area (Å²) in [6.07, 6.45) is 4.16. The SMILES string of the molecule is Cc1cccnc1C[C@H](C)NS(=O)(=O)c1cccc(C(=O)NC2CC2)c1. The Bertz CT molecular complexity index is 908. The fraction of sp³-hybridized carbons (Fsp3) is 0.368. The van der Waals surface area contributed by atoms with Gasteiger partial charge in [-0.1, -0.05) is 12.1 Å². The lowest BCUT2D eigenvalue weighted by Crippen LogP contribution is -2.34. The fourth-order valence-corrected chi connectivity index (χ4v) is 3.99. The number of carbonyl (C=O) groups is 1. The van der Waals surface area contributed by atoms with Gasteiger partial charge in [0.2, 0.25) is 10.0 Å². The van der Waals surface area contributed by atoms with E-state index >= 15 is 0 Å². The third-order valence-corrected chi connectivity index (χ3v) is 5.88. The molecular weight excluding hydrogens is 350 g/mol. The number of hydrogen-bond acceptors (Lipinski definition) is 4. The molecule has 2 aromatic rings. The van der Waals surface area contributed by atoms with Gasteiger partial charge in [0.25, 0.3) is 5.91 Å². The molecule has 1 heterocycles. The maximum absolute atomic E-state index is 12.7. The number of amides is 1. The van der Waals surface area contributed by atoms with Crippen LogP contribution in [0.25, 0.3) is 0 Å². The Morgan fingerprint density at radius 3 is 2.73 bits per heavy atom. The summed E-state index contributed by atoms with van der Waals surface area (Å²) in [4.78, 5) is 16.5. The summed E-state index contributed by atoms with van der Waals surface area (Å²) in [5.41, 5.74) is 2.24. The molecule has 0 bridgehead atoms. The van der Waals surface area contributed by atoms with E-state index in [1.165, 1.54) is 12.1 Å². The Balaban J connectivity index is 1.71. The third-order valence-electron chi connectivity index (χ3n) is 4.29. The number of carbonyl (C=O) groups excluding carboxylic acids is 1. The molecule has 1 fully saturated rings. The van der Waals surface area contributed by atoms with Gasteiger partial charge in [-0.25, -0.2) is 13.1 Å². The van der Waals surface area contributed by atoms with E-state index in [-0.39, 0.29) is 22.9 Å². The highest BCUT2D eigenvalue weighted by atomic mass is 32.2. The lowest BCUT2D eigenvalue weighted by atomic mass is 10.1. The van der Waals surface area contributed by atoms with Gasteiger partial charge in [-0.3, -0.25) is 9.78 Å². The molecule has 0 spiro atoms. The smallest absolute Gasteiger partial charge is 0.251 e. The number of aromatic nitrogens is 1. The van der Waals surface area contributed by atoms with Gasteiger partial charge in [0, 0.05) is 36.0 Å². The molecule has 0 aliphatic heterocycles. The number of sulfonamides is 1. The van der Waals surface area contributed by atoms with Gasteiger partial charge in [-0.05, 0) is 56.5 Å². The van der Waals surface area contributed by atoms with Crippen molar-refractivity contribution in [3.05, 3.63) is 59.4 Å². The molecular formula is C19H23N3O3S. The zero-order chi connectivity index (χ0) is 18.7. The van der Waals surface area contributed by atoms with E-state index in [2.05, 4.69) is 15.0 Å². The lowest BCUT2D eigenvalue weighted by Gasteiger charge is -2.15. The number of aryl methyl sites for hydroxylation is 1. The molecule has 26 heavy (non-hydrogen) atoms. The number of rotatable bonds is 7. The predicted octanol–water partition coefficient (Wildman–Crippen LogP) is 2.19. The molecule has 138 valence electrons. The normalized spacial score (nSPS) is 15.5. The molecule has 3 rings (SSSR count). The first-order valence-corrected chi connectivity index (χ1v) is 10.2. The van der Waals surface area contributed by atoms with Gasteiger partial charge < -0.3 is 5.32 Å². The van der Waals surface area contributed by atoms with Gasteiger partial charge in [0.1, 0.15) is 0 Å². The van der Waals surface area contributed by atoms with Crippen molar-refractivity contribution in [3.8, 4) is 0 Å². The second-order valence-electron chi connectivity index (χ2n) is 6.77. The molecule has 1 aromatic carbocycles. The van der Waals surface area contributed by atoms with Crippen molar-refractivity contribution in [1.82, 2.24) is 15.0 Å². The summed E-state index contributed by atoms with van der Waals surface area (Å²) in [6.45, 7) is 3.75. The van der Waals surface area contributed by atoms with E-state index in [1.807, 2.05) is 19.1 Å². The molecule has 1 aliphatic carbocycles. The van der Waals surface area contributed by atoms with Crippen molar-refractivity contribution in [1.29, 1.82) is 0 Å². The minimum Gasteiger partial charge on any atom is -0.349 e. The van der Waals surface area contributed by atoms with Crippen LogP contribution in [0.4, 0.5) is 0 Å². The Morgan fingerprint density at radius 2 is 2.04 bits per heavy atom. The molecule has 1 atom stereocenters. The number of hydrogen-bond donors (Lipinski definition) is 2. The number of nitrogens with one attached hydrogen (secondary N) is 2. The van der Waals surface area contributed by atoms with Crippen LogP contribution in [0.1, 0.15) is 41.4 Å². The third kappa shape index (κ3) is 4.68. The van der Waals surface area contributed by atoms with Gasteiger partial charge in [0.15, 0.2) is 0 Å². The van der Waals surface area contributed by atoms with Gasteiger partial charge in [0.05, 0.1) is 4.90 Å². The van der Waals surface area contributed by atoms with Crippen LogP contribution in [0.5, 0.6) is 0 Å². The van der Waals surface area contributed by atoms with Crippen molar-refractivity contribution >= 4 is 15.9 Å².